The van der Waals surface area contributed by atoms with Crippen molar-refractivity contribution in [1.29, 1.82) is 0 Å². The topological polar surface area (TPSA) is 84.9 Å². The van der Waals surface area contributed by atoms with Crippen molar-refractivity contribution in [2.24, 2.45) is 0 Å². The molecule has 6 nitrogen and oxygen atoms in total. The predicted octanol–water partition coefficient (Wildman–Crippen LogP) is -1.18. The highest BCUT2D eigenvalue weighted by molar-refractivity contribution is 5.87. The first kappa shape index (κ1) is 11.9. The lowest BCUT2D eigenvalue weighted by Crippen LogP contribution is -2.47. The largest absolute Gasteiger partial charge is 0.467 e. The number of ether oxygens (including phenoxy) is 2. The lowest BCUT2D eigenvalue weighted by atomic mass is 10.2. The Hall–Kier alpha value is -1.14. The van der Waals surface area contributed by atoms with Crippen molar-refractivity contribution < 1.29 is 24.2 Å². The zero-order valence-corrected chi connectivity index (χ0v) is 8.56. The van der Waals surface area contributed by atoms with Crippen molar-refractivity contribution in [2.75, 3.05) is 20.3 Å². The highest BCUT2D eigenvalue weighted by Crippen LogP contribution is 2.11. The van der Waals surface area contributed by atoms with Crippen LogP contribution in [0, 0.1) is 0 Å². The molecule has 2 N–H and O–H groups in total. The zero-order valence-electron chi connectivity index (χ0n) is 8.56. The number of amides is 1. The van der Waals surface area contributed by atoms with Gasteiger partial charge >= 0.3 is 5.97 Å². The normalized spacial score (nSPS) is 22.1. The lowest BCUT2D eigenvalue weighted by Gasteiger charge is -2.16. The van der Waals surface area contributed by atoms with Gasteiger partial charge in [-0.05, 0) is 12.8 Å². The second kappa shape index (κ2) is 5.67. The Morgan fingerprint density at radius 2 is 2.40 bits per heavy atom. The summed E-state index contributed by atoms with van der Waals surface area (Å²) in [6.07, 6.45) is 0.967. The van der Waals surface area contributed by atoms with Crippen LogP contribution in [0.4, 0.5) is 0 Å². The number of aliphatic hydroxyl groups is 1. The Bertz CT molecular complexity index is 237. The molecular formula is C9H15NO5. The maximum Gasteiger partial charge on any atom is 0.330 e. The standard InChI is InChI=1S/C9H15NO5/c1-14-9(13)6(5-11)10-8(12)7-3-2-4-15-7/h6-7,11H,2-5H2,1H3,(H,10,12). The molecule has 15 heavy (non-hydrogen) atoms. The van der Waals surface area contributed by atoms with Gasteiger partial charge in [0.15, 0.2) is 6.04 Å². The summed E-state index contributed by atoms with van der Waals surface area (Å²) in [6.45, 7) is 0.0746. The minimum atomic E-state index is -1.01. The van der Waals surface area contributed by atoms with Gasteiger partial charge in [0.2, 0.25) is 5.91 Å². The van der Waals surface area contributed by atoms with Crippen LogP contribution in [-0.2, 0) is 19.1 Å². The maximum absolute atomic E-state index is 11.5. The maximum atomic E-state index is 11.5. The molecule has 1 amide bonds. The van der Waals surface area contributed by atoms with Crippen LogP contribution in [0.5, 0.6) is 0 Å². The van der Waals surface area contributed by atoms with Crippen LogP contribution in [-0.4, -0.2) is 49.5 Å². The number of rotatable bonds is 4. The van der Waals surface area contributed by atoms with E-state index in [0.717, 1.165) is 6.42 Å². The summed E-state index contributed by atoms with van der Waals surface area (Å²) in [4.78, 5) is 22.5. The summed E-state index contributed by atoms with van der Waals surface area (Å²) in [5.41, 5.74) is 0. The van der Waals surface area contributed by atoms with Crippen LogP contribution in [0.1, 0.15) is 12.8 Å². The first-order chi connectivity index (χ1) is 7.19. The van der Waals surface area contributed by atoms with Crippen molar-refractivity contribution in [3.8, 4) is 0 Å². The summed E-state index contributed by atoms with van der Waals surface area (Å²) in [5, 5.41) is 11.2. The van der Waals surface area contributed by atoms with Gasteiger partial charge in [0.05, 0.1) is 13.7 Å². The van der Waals surface area contributed by atoms with Gasteiger partial charge in [0.1, 0.15) is 6.10 Å². The second-order valence-electron chi connectivity index (χ2n) is 3.27. The predicted molar refractivity (Wildman–Crippen MR) is 50.0 cm³/mol. The molecule has 0 radical (unpaired) electrons. The van der Waals surface area contributed by atoms with Gasteiger partial charge in [-0.3, -0.25) is 4.79 Å². The SMILES string of the molecule is COC(=O)C(CO)NC(=O)C1CCCO1. The first-order valence-electron chi connectivity index (χ1n) is 4.79. The molecule has 1 saturated heterocycles. The van der Waals surface area contributed by atoms with E-state index >= 15 is 0 Å². The minimum Gasteiger partial charge on any atom is -0.467 e. The van der Waals surface area contributed by atoms with Crippen LogP contribution in [0.15, 0.2) is 0 Å². The summed E-state index contributed by atoms with van der Waals surface area (Å²) in [6, 6.07) is -1.01. The van der Waals surface area contributed by atoms with Gasteiger partial charge in [0, 0.05) is 6.61 Å². The van der Waals surface area contributed by atoms with Gasteiger partial charge in [-0.25, -0.2) is 4.79 Å². The molecule has 1 rings (SSSR count). The highest BCUT2D eigenvalue weighted by Gasteiger charge is 2.28. The minimum absolute atomic E-state index is 0.378. The van der Waals surface area contributed by atoms with E-state index in [4.69, 9.17) is 9.84 Å². The van der Waals surface area contributed by atoms with E-state index in [1.807, 2.05) is 0 Å². The Kier molecular flexibility index (Phi) is 4.51. The van der Waals surface area contributed by atoms with Crippen LogP contribution >= 0.6 is 0 Å². The van der Waals surface area contributed by atoms with Crippen molar-refractivity contribution in [3.63, 3.8) is 0 Å². The average Bonchev–Trinajstić information content (AvgIpc) is 2.77. The summed E-state index contributed by atoms with van der Waals surface area (Å²) >= 11 is 0. The molecule has 0 bridgehead atoms. The monoisotopic (exact) mass is 217 g/mol. The third-order valence-electron chi connectivity index (χ3n) is 2.21. The van der Waals surface area contributed by atoms with Crippen molar-refractivity contribution in [3.05, 3.63) is 0 Å². The van der Waals surface area contributed by atoms with Crippen LogP contribution < -0.4 is 5.32 Å². The van der Waals surface area contributed by atoms with Gasteiger partial charge in [-0.2, -0.15) is 0 Å². The van der Waals surface area contributed by atoms with Crippen molar-refractivity contribution >= 4 is 11.9 Å². The fourth-order valence-electron chi connectivity index (χ4n) is 1.37. The van der Waals surface area contributed by atoms with E-state index in [1.54, 1.807) is 0 Å². The Balaban J connectivity index is 2.43. The third kappa shape index (κ3) is 3.17. The molecule has 2 atom stereocenters. The van der Waals surface area contributed by atoms with Crippen LogP contribution in [0.2, 0.25) is 0 Å². The molecule has 86 valence electrons. The number of esters is 1. The average molecular weight is 217 g/mol. The molecule has 1 aliphatic heterocycles. The molecule has 0 aromatic heterocycles. The number of hydrogen-bond acceptors (Lipinski definition) is 5. The summed E-state index contributed by atoms with van der Waals surface area (Å²) in [5.74, 6) is -1.04. The Morgan fingerprint density at radius 3 is 2.87 bits per heavy atom. The molecule has 1 heterocycles. The van der Waals surface area contributed by atoms with Gasteiger partial charge in [-0.1, -0.05) is 0 Å². The quantitative estimate of drug-likeness (QED) is 0.579. The van der Waals surface area contributed by atoms with Gasteiger partial charge < -0.3 is 19.9 Å². The lowest BCUT2D eigenvalue weighted by molar-refractivity contribution is -0.147. The Morgan fingerprint density at radius 1 is 1.67 bits per heavy atom. The number of carbonyl (C=O) groups is 2. The van der Waals surface area contributed by atoms with E-state index in [1.165, 1.54) is 7.11 Å². The molecule has 2 unspecified atom stereocenters. The fraction of sp³-hybridized carbons (Fsp3) is 0.778. The van der Waals surface area contributed by atoms with Crippen LogP contribution in [0.3, 0.4) is 0 Å². The summed E-state index contributed by atoms with van der Waals surface area (Å²) < 4.78 is 9.54. The number of carbonyl (C=O) groups excluding carboxylic acids is 2. The number of methoxy groups -OCH3 is 1. The van der Waals surface area contributed by atoms with E-state index in [9.17, 15) is 9.59 Å². The van der Waals surface area contributed by atoms with E-state index < -0.39 is 24.7 Å². The van der Waals surface area contributed by atoms with Gasteiger partial charge in [0.25, 0.3) is 0 Å². The number of hydrogen-bond donors (Lipinski definition) is 2. The molecule has 0 aliphatic carbocycles. The molecular weight excluding hydrogens is 202 g/mol. The number of nitrogens with one attached hydrogen (secondary N) is 1. The molecule has 1 fully saturated rings. The zero-order chi connectivity index (χ0) is 11.3. The second-order valence-corrected chi connectivity index (χ2v) is 3.27. The molecule has 0 spiro atoms. The summed E-state index contributed by atoms with van der Waals surface area (Å²) in [7, 11) is 1.20. The molecule has 6 heteroatoms. The fourth-order valence-corrected chi connectivity index (χ4v) is 1.37. The molecule has 0 aromatic rings. The van der Waals surface area contributed by atoms with Crippen LogP contribution in [0.25, 0.3) is 0 Å². The first-order valence-corrected chi connectivity index (χ1v) is 4.79. The Labute approximate surface area is 87.5 Å². The van der Waals surface area contributed by atoms with E-state index in [-0.39, 0.29) is 5.91 Å². The van der Waals surface area contributed by atoms with Crippen molar-refractivity contribution in [1.82, 2.24) is 5.32 Å². The van der Waals surface area contributed by atoms with Gasteiger partial charge in [-0.15, -0.1) is 0 Å². The highest BCUT2D eigenvalue weighted by atomic mass is 16.5. The smallest absolute Gasteiger partial charge is 0.330 e. The number of aliphatic hydroxyl groups excluding tert-OH is 1. The van der Waals surface area contributed by atoms with Crippen molar-refractivity contribution in [2.45, 2.75) is 25.0 Å². The third-order valence-corrected chi connectivity index (χ3v) is 2.21. The molecule has 0 aromatic carbocycles. The molecule has 1 aliphatic rings. The molecule has 0 saturated carbocycles. The van der Waals surface area contributed by atoms with E-state index in [2.05, 4.69) is 10.1 Å². The van der Waals surface area contributed by atoms with E-state index in [0.29, 0.717) is 13.0 Å².